The summed E-state index contributed by atoms with van der Waals surface area (Å²) in [6, 6.07) is 10.7. The van der Waals surface area contributed by atoms with Crippen LogP contribution in [0.15, 0.2) is 78.2 Å². The number of hydrogen-bond acceptors (Lipinski definition) is 4. The molecule has 0 radical (unpaired) electrons. The van der Waals surface area contributed by atoms with Gasteiger partial charge in [-0.15, -0.1) is 11.6 Å². The number of nitrogens with one attached hydrogen (secondary N) is 1. The normalized spacial score (nSPS) is 21.6. The average molecular weight is 578 g/mol. The van der Waals surface area contributed by atoms with E-state index in [1.807, 2.05) is 29.2 Å². The molecule has 5 rings (SSSR count). The lowest BCUT2D eigenvalue weighted by atomic mass is 10.0. The Morgan fingerprint density at radius 3 is 2.44 bits per heavy atom. The molecule has 0 spiro atoms. The fourth-order valence-corrected chi connectivity index (χ4v) is 5.42. The fourth-order valence-electron chi connectivity index (χ4n) is 4.89. The van der Waals surface area contributed by atoms with Gasteiger partial charge in [0.1, 0.15) is 18.4 Å². The molecule has 1 fully saturated rings. The molecule has 0 bridgehead atoms. The molecule has 2 aliphatic heterocycles. The minimum absolute atomic E-state index is 0.0481. The number of likely N-dealkylation sites (tertiary alicyclic amines) is 1. The highest BCUT2D eigenvalue weighted by Crippen LogP contribution is 2.33. The van der Waals surface area contributed by atoms with Gasteiger partial charge in [0.05, 0.1) is 27.4 Å². The number of nitrogens with zero attached hydrogens (tertiary/aromatic N) is 2. The van der Waals surface area contributed by atoms with Crippen LogP contribution in [-0.2, 0) is 0 Å². The zero-order valence-electron chi connectivity index (χ0n) is 21.1. The molecular weight excluding hydrogens is 550 g/mol. The monoisotopic (exact) mass is 577 g/mol. The third-order valence-electron chi connectivity index (χ3n) is 7.01. The van der Waals surface area contributed by atoms with Gasteiger partial charge in [-0.2, -0.15) is 13.2 Å². The molecule has 206 valence electrons. The topological polar surface area (TPSA) is 44.8 Å². The van der Waals surface area contributed by atoms with Crippen LogP contribution in [0.3, 0.4) is 0 Å². The molecule has 39 heavy (non-hydrogen) atoms. The fraction of sp³-hybridized carbons (Fsp3) is 0.345. The molecule has 0 saturated carbocycles. The molecule has 2 unspecified atom stereocenters. The number of hydrogen-bond donors (Lipinski definition) is 1. The van der Waals surface area contributed by atoms with E-state index in [1.165, 1.54) is 5.01 Å². The summed E-state index contributed by atoms with van der Waals surface area (Å²) in [5.74, 6) is 0.450. The number of allylic oxidation sites excluding steroid dienone is 4. The third-order valence-corrected chi connectivity index (χ3v) is 7.72. The van der Waals surface area contributed by atoms with Crippen LogP contribution in [0.25, 0.3) is 11.1 Å². The Hall–Kier alpha value is -2.94. The Balaban J connectivity index is 1.27. The van der Waals surface area contributed by atoms with Crippen molar-refractivity contribution in [2.45, 2.75) is 43.3 Å². The minimum Gasteiger partial charge on any atom is -0.487 e. The Bertz CT molecular complexity index is 1300. The SMILES string of the molecule is O=C(c1ccc(-c2ccc(OCC3=CC(C(F)(F)F)NN3C3=CC=CCC3Cl)cc2)cc1Cl)N1CCCCC1. The molecule has 10 heteroatoms. The maximum Gasteiger partial charge on any atom is 0.409 e. The number of hydrazine groups is 1. The van der Waals surface area contributed by atoms with Crippen LogP contribution in [0.1, 0.15) is 36.0 Å². The van der Waals surface area contributed by atoms with E-state index in [4.69, 9.17) is 27.9 Å². The number of rotatable bonds is 6. The summed E-state index contributed by atoms with van der Waals surface area (Å²) in [6.07, 6.45) is 5.68. The predicted molar refractivity (Wildman–Crippen MR) is 147 cm³/mol. The predicted octanol–water partition coefficient (Wildman–Crippen LogP) is 7.10. The maximum absolute atomic E-state index is 13.5. The van der Waals surface area contributed by atoms with Crippen LogP contribution in [0.2, 0.25) is 5.02 Å². The Kier molecular flexibility index (Phi) is 8.26. The van der Waals surface area contributed by atoms with Gasteiger partial charge in [0.15, 0.2) is 0 Å². The second-order valence-corrected chi connectivity index (χ2v) is 10.7. The van der Waals surface area contributed by atoms with E-state index in [0.29, 0.717) is 34.2 Å². The standard InChI is InChI=1S/C29H28Cl2F3N3O2/c30-24-6-2-3-7-26(24)37-21(17-27(35-37)29(32,33)34)18-39-22-11-8-19(9-12-22)20-10-13-23(25(31)16-20)28(38)36-14-4-1-5-15-36/h2-3,7-13,16-17,24,27,35H,1,4-6,14-15,18H2. The second kappa shape index (κ2) is 11.7. The number of alkyl halides is 4. The summed E-state index contributed by atoms with van der Waals surface area (Å²) in [6.45, 7) is 1.42. The van der Waals surface area contributed by atoms with Crippen LogP contribution in [-0.4, -0.2) is 53.1 Å². The Morgan fingerprint density at radius 2 is 1.77 bits per heavy atom. The van der Waals surface area contributed by atoms with Gasteiger partial charge in [-0.25, -0.2) is 5.43 Å². The van der Waals surface area contributed by atoms with Crippen molar-refractivity contribution in [3.8, 4) is 16.9 Å². The van der Waals surface area contributed by atoms with Gasteiger partial charge in [-0.05, 0) is 73.2 Å². The zero-order valence-corrected chi connectivity index (χ0v) is 22.6. The van der Waals surface area contributed by atoms with E-state index in [-0.39, 0.29) is 12.5 Å². The number of halogens is 5. The lowest BCUT2D eigenvalue weighted by Crippen LogP contribution is -2.46. The van der Waals surface area contributed by atoms with Crippen molar-refractivity contribution in [3.63, 3.8) is 0 Å². The van der Waals surface area contributed by atoms with E-state index < -0.39 is 17.6 Å². The molecule has 2 atom stereocenters. The van der Waals surface area contributed by atoms with E-state index in [2.05, 4.69) is 5.43 Å². The number of benzene rings is 2. The zero-order chi connectivity index (χ0) is 27.6. The van der Waals surface area contributed by atoms with Crippen molar-refractivity contribution in [2.24, 2.45) is 0 Å². The van der Waals surface area contributed by atoms with Crippen molar-refractivity contribution in [3.05, 3.63) is 88.7 Å². The highest BCUT2D eigenvalue weighted by Gasteiger charge is 2.44. The molecular formula is C29H28Cl2F3N3O2. The first-order chi connectivity index (χ1) is 18.7. The van der Waals surface area contributed by atoms with Gasteiger partial charge in [-0.3, -0.25) is 9.80 Å². The van der Waals surface area contributed by atoms with Crippen molar-refractivity contribution in [2.75, 3.05) is 19.7 Å². The van der Waals surface area contributed by atoms with Crippen molar-refractivity contribution < 1.29 is 22.7 Å². The number of piperidine rings is 1. The minimum atomic E-state index is -4.45. The molecule has 1 N–H and O–H groups in total. The molecule has 0 aromatic heterocycles. The Labute approximate surface area is 235 Å². The quantitative estimate of drug-likeness (QED) is 0.372. The van der Waals surface area contributed by atoms with Crippen molar-refractivity contribution in [1.82, 2.24) is 15.3 Å². The molecule has 5 nitrogen and oxygen atoms in total. The lowest BCUT2D eigenvalue weighted by Gasteiger charge is -2.30. The number of carbonyl (C=O) groups excluding carboxylic acids is 1. The molecule has 1 saturated heterocycles. The van der Waals surface area contributed by atoms with Gasteiger partial charge in [0.25, 0.3) is 5.91 Å². The van der Waals surface area contributed by atoms with Crippen LogP contribution < -0.4 is 10.2 Å². The van der Waals surface area contributed by atoms with E-state index in [1.54, 1.807) is 36.4 Å². The lowest BCUT2D eigenvalue weighted by molar-refractivity contribution is -0.148. The first-order valence-electron chi connectivity index (χ1n) is 12.9. The van der Waals surface area contributed by atoms with Gasteiger partial charge in [0, 0.05) is 13.1 Å². The second-order valence-electron chi connectivity index (χ2n) is 9.73. The number of carbonyl (C=O) groups is 1. The van der Waals surface area contributed by atoms with E-state index in [9.17, 15) is 18.0 Å². The van der Waals surface area contributed by atoms with Crippen molar-refractivity contribution >= 4 is 29.1 Å². The first-order valence-corrected chi connectivity index (χ1v) is 13.7. The Morgan fingerprint density at radius 1 is 1.05 bits per heavy atom. The largest absolute Gasteiger partial charge is 0.487 e. The van der Waals surface area contributed by atoms with Gasteiger partial charge in [0.2, 0.25) is 0 Å². The summed E-state index contributed by atoms with van der Waals surface area (Å²) >= 11 is 12.9. The molecule has 2 heterocycles. The van der Waals surface area contributed by atoms with E-state index in [0.717, 1.165) is 49.6 Å². The van der Waals surface area contributed by atoms with Crippen molar-refractivity contribution in [1.29, 1.82) is 0 Å². The number of ether oxygens (including phenoxy) is 1. The van der Waals surface area contributed by atoms with Crippen LogP contribution in [0.4, 0.5) is 13.2 Å². The van der Waals surface area contributed by atoms with E-state index >= 15 is 0 Å². The molecule has 1 amide bonds. The summed E-state index contributed by atoms with van der Waals surface area (Å²) in [5.41, 5.74) is 5.56. The highest BCUT2D eigenvalue weighted by molar-refractivity contribution is 6.34. The summed E-state index contributed by atoms with van der Waals surface area (Å²) in [5, 5.41) is 1.32. The van der Waals surface area contributed by atoms with Gasteiger partial charge in [-0.1, -0.05) is 42.0 Å². The third kappa shape index (κ3) is 6.29. The van der Waals surface area contributed by atoms with Crippen LogP contribution in [0, 0.1) is 0 Å². The van der Waals surface area contributed by atoms with Gasteiger partial charge < -0.3 is 9.64 Å². The average Bonchev–Trinajstić information content (AvgIpc) is 3.37. The van der Waals surface area contributed by atoms with Crippen LogP contribution >= 0.6 is 23.2 Å². The number of amides is 1. The molecule has 2 aromatic rings. The summed E-state index contributed by atoms with van der Waals surface area (Å²) in [7, 11) is 0. The smallest absolute Gasteiger partial charge is 0.409 e. The molecule has 3 aliphatic rings. The summed E-state index contributed by atoms with van der Waals surface area (Å²) < 4.78 is 46.2. The molecule has 2 aromatic carbocycles. The van der Waals surface area contributed by atoms with Gasteiger partial charge >= 0.3 is 6.18 Å². The molecule has 1 aliphatic carbocycles. The highest BCUT2D eigenvalue weighted by atomic mass is 35.5. The maximum atomic E-state index is 13.5. The first kappa shape index (κ1) is 27.6. The summed E-state index contributed by atoms with van der Waals surface area (Å²) in [4.78, 5) is 14.7. The van der Waals surface area contributed by atoms with Crippen LogP contribution in [0.5, 0.6) is 5.75 Å².